The minimum absolute atomic E-state index is 0.0472. The molecule has 1 N–H and O–H groups in total. The first kappa shape index (κ1) is 18.0. The van der Waals surface area contributed by atoms with Crippen LogP contribution in [-0.2, 0) is 4.74 Å². The number of hydrogen-bond acceptors (Lipinski definition) is 4. The SMILES string of the molecule is CC(C)(C)NC(=O)OC1CCCCC1SSC(C)(C)C. The van der Waals surface area contributed by atoms with E-state index in [9.17, 15) is 4.79 Å². The number of carbonyl (C=O) groups is 1. The van der Waals surface area contributed by atoms with E-state index >= 15 is 0 Å². The third kappa shape index (κ3) is 7.67. The zero-order valence-electron chi connectivity index (χ0n) is 13.6. The highest BCUT2D eigenvalue weighted by Crippen LogP contribution is 2.43. The molecule has 1 fully saturated rings. The van der Waals surface area contributed by atoms with Gasteiger partial charge in [0.1, 0.15) is 6.10 Å². The van der Waals surface area contributed by atoms with Gasteiger partial charge in [-0.1, -0.05) is 48.8 Å². The first-order valence-electron chi connectivity index (χ1n) is 7.40. The van der Waals surface area contributed by atoms with Crippen LogP contribution in [0.5, 0.6) is 0 Å². The molecule has 2 atom stereocenters. The summed E-state index contributed by atoms with van der Waals surface area (Å²) in [6.07, 6.45) is 4.29. The average Bonchev–Trinajstić information content (AvgIpc) is 2.24. The molecule has 0 heterocycles. The number of amides is 1. The zero-order chi connectivity index (χ0) is 15.4. The second kappa shape index (κ2) is 7.30. The molecule has 0 aromatic rings. The summed E-state index contributed by atoms with van der Waals surface area (Å²) in [5, 5.41) is 3.30. The lowest BCUT2D eigenvalue weighted by atomic mass is 9.97. The van der Waals surface area contributed by atoms with Gasteiger partial charge in [0.2, 0.25) is 0 Å². The summed E-state index contributed by atoms with van der Waals surface area (Å²) >= 11 is 0. The quantitative estimate of drug-likeness (QED) is 0.743. The Labute approximate surface area is 131 Å². The number of ether oxygens (including phenoxy) is 1. The predicted octanol–water partition coefficient (Wildman–Crippen LogP) is 5.00. The second-order valence-electron chi connectivity index (χ2n) is 7.43. The van der Waals surface area contributed by atoms with E-state index in [4.69, 9.17) is 4.74 Å². The van der Waals surface area contributed by atoms with Gasteiger partial charge in [-0.05, 0) is 40.0 Å². The molecule has 0 aromatic heterocycles. The normalized spacial score (nSPS) is 24.3. The Morgan fingerprint density at radius 3 is 2.25 bits per heavy atom. The highest BCUT2D eigenvalue weighted by molar-refractivity contribution is 8.77. The van der Waals surface area contributed by atoms with Crippen molar-refractivity contribution in [3.63, 3.8) is 0 Å². The standard InChI is InChI=1S/C15H29NO2S2/c1-14(2,3)16-13(17)18-11-9-7-8-10-12(11)19-20-15(4,5)6/h11-12H,7-10H2,1-6H3,(H,16,17). The molecule has 1 amide bonds. The van der Waals surface area contributed by atoms with Gasteiger partial charge >= 0.3 is 6.09 Å². The predicted molar refractivity (Wildman–Crippen MR) is 90.3 cm³/mol. The molecule has 1 aliphatic rings. The van der Waals surface area contributed by atoms with Crippen molar-refractivity contribution in [2.75, 3.05) is 0 Å². The third-order valence-corrected chi connectivity index (χ3v) is 6.71. The number of alkyl carbamates (subject to hydrolysis) is 1. The highest BCUT2D eigenvalue weighted by Gasteiger charge is 2.31. The molecule has 1 saturated carbocycles. The molecule has 0 spiro atoms. The molecule has 5 heteroatoms. The summed E-state index contributed by atoms with van der Waals surface area (Å²) in [6, 6.07) is 0. The first-order valence-corrected chi connectivity index (χ1v) is 9.61. The third-order valence-electron chi connectivity index (χ3n) is 2.80. The summed E-state index contributed by atoms with van der Waals surface area (Å²) in [4.78, 5) is 11.9. The maximum atomic E-state index is 11.9. The lowest BCUT2D eigenvalue weighted by molar-refractivity contribution is 0.0742. The van der Waals surface area contributed by atoms with Crippen molar-refractivity contribution in [2.24, 2.45) is 0 Å². The van der Waals surface area contributed by atoms with Gasteiger partial charge in [0.15, 0.2) is 0 Å². The van der Waals surface area contributed by atoms with Crippen LogP contribution in [0.4, 0.5) is 4.79 Å². The minimum Gasteiger partial charge on any atom is -0.445 e. The lowest BCUT2D eigenvalue weighted by Gasteiger charge is -2.32. The van der Waals surface area contributed by atoms with E-state index in [1.165, 1.54) is 6.42 Å². The van der Waals surface area contributed by atoms with Crippen LogP contribution >= 0.6 is 21.6 Å². The van der Waals surface area contributed by atoms with Gasteiger partial charge in [-0.25, -0.2) is 4.79 Å². The molecule has 1 rings (SSSR count). The molecule has 0 aliphatic heterocycles. The summed E-state index contributed by atoms with van der Waals surface area (Å²) in [5.74, 6) is 0. The Morgan fingerprint density at radius 2 is 1.70 bits per heavy atom. The van der Waals surface area contributed by atoms with Gasteiger partial charge in [-0.3, -0.25) is 0 Å². The van der Waals surface area contributed by atoms with Crippen LogP contribution in [0.2, 0.25) is 0 Å². The Hall–Kier alpha value is -0.0300. The maximum absolute atomic E-state index is 11.9. The maximum Gasteiger partial charge on any atom is 0.407 e. The molecule has 0 bridgehead atoms. The Bertz CT molecular complexity index is 321. The van der Waals surface area contributed by atoms with E-state index < -0.39 is 0 Å². The summed E-state index contributed by atoms with van der Waals surface area (Å²) in [5.41, 5.74) is -0.242. The number of nitrogens with one attached hydrogen (secondary N) is 1. The van der Waals surface area contributed by atoms with Crippen molar-refractivity contribution in [1.82, 2.24) is 5.32 Å². The molecule has 2 unspecified atom stereocenters. The van der Waals surface area contributed by atoms with Crippen molar-refractivity contribution < 1.29 is 9.53 Å². The molecule has 3 nitrogen and oxygen atoms in total. The summed E-state index contributed by atoms with van der Waals surface area (Å²) < 4.78 is 5.90. The van der Waals surface area contributed by atoms with Crippen LogP contribution < -0.4 is 5.32 Å². The molecule has 1 aliphatic carbocycles. The fraction of sp³-hybridized carbons (Fsp3) is 0.933. The van der Waals surface area contributed by atoms with E-state index in [0.29, 0.717) is 5.25 Å². The van der Waals surface area contributed by atoms with E-state index in [0.717, 1.165) is 19.3 Å². The topological polar surface area (TPSA) is 38.3 Å². The highest BCUT2D eigenvalue weighted by atomic mass is 33.1. The van der Waals surface area contributed by atoms with Crippen molar-refractivity contribution in [3.05, 3.63) is 0 Å². The van der Waals surface area contributed by atoms with Crippen molar-refractivity contribution >= 4 is 27.7 Å². The minimum atomic E-state index is -0.282. The van der Waals surface area contributed by atoms with Gasteiger partial charge in [-0.15, -0.1) is 0 Å². The molecular formula is C15H29NO2S2. The smallest absolute Gasteiger partial charge is 0.407 e. The van der Waals surface area contributed by atoms with Crippen LogP contribution in [-0.4, -0.2) is 27.7 Å². The van der Waals surface area contributed by atoms with Gasteiger partial charge in [0.05, 0.1) is 5.25 Å². The van der Waals surface area contributed by atoms with Crippen LogP contribution in [0.3, 0.4) is 0 Å². The number of hydrogen-bond donors (Lipinski definition) is 1. The van der Waals surface area contributed by atoms with Crippen molar-refractivity contribution in [1.29, 1.82) is 0 Å². The van der Waals surface area contributed by atoms with Gasteiger partial charge in [0, 0.05) is 10.3 Å². The van der Waals surface area contributed by atoms with E-state index in [1.54, 1.807) is 0 Å². The van der Waals surface area contributed by atoms with E-state index in [1.807, 2.05) is 42.4 Å². The van der Waals surface area contributed by atoms with Gasteiger partial charge < -0.3 is 10.1 Å². The molecule has 0 aromatic carbocycles. The Morgan fingerprint density at radius 1 is 1.10 bits per heavy atom. The first-order chi connectivity index (χ1) is 9.07. The van der Waals surface area contributed by atoms with E-state index in [2.05, 4.69) is 26.1 Å². The molecule has 0 radical (unpaired) electrons. The molecular weight excluding hydrogens is 290 g/mol. The summed E-state index contributed by atoms with van der Waals surface area (Å²) in [7, 11) is 3.77. The van der Waals surface area contributed by atoms with Crippen LogP contribution in [0, 0.1) is 0 Å². The largest absolute Gasteiger partial charge is 0.445 e. The fourth-order valence-corrected chi connectivity index (χ4v) is 4.87. The lowest BCUT2D eigenvalue weighted by Crippen LogP contribution is -2.44. The van der Waals surface area contributed by atoms with Crippen molar-refractivity contribution in [3.8, 4) is 0 Å². The number of rotatable bonds is 3. The fourth-order valence-electron chi connectivity index (χ4n) is 1.99. The van der Waals surface area contributed by atoms with Gasteiger partial charge in [0.25, 0.3) is 0 Å². The molecule has 20 heavy (non-hydrogen) atoms. The van der Waals surface area contributed by atoms with Crippen molar-refractivity contribution in [2.45, 2.75) is 88.9 Å². The van der Waals surface area contributed by atoms with Gasteiger partial charge in [-0.2, -0.15) is 0 Å². The Kier molecular flexibility index (Phi) is 6.58. The Balaban J connectivity index is 2.49. The van der Waals surface area contributed by atoms with E-state index in [-0.39, 0.29) is 22.5 Å². The summed E-state index contributed by atoms with van der Waals surface area (Å²) in [6.45, 7) is 12.6. The zero-order valence-corrected chi connectivity index (χ0v) is 15.2. The monoisotopic (exact) mass is 319 g/mol. The van der Waals surface area contributed by atoms with Crippen LogP contribution in [0.1, 0.15) is 67.2 Å². The van der Waals surface area contributed by atoms with Crippen LogP contribution in [0.15, 0.2) is 0 Å². The molecule has 0 saturated heterocycles. The molecule has 118 valence electrons. The average molecular weight is 320 g/mol. The number of carbonyl (C=O) groups excluding carboxylic acids is 1. The van der Waals surface area contributed by atoms with Crippen LogP contribution in [0.25, 0.3) is 0 Å². The second-order valence-corrected chi connectivity index (χ2v) is 10.7.